The molecule has 2 rings (SSSR count). The van der Waals surface area contributed by atoms with Crippen LogP contribution in [0.3, 0.4) is 0 Å². The first-order chi connectivity index (χ1) is 11.1. The van der Waals surface area contributed by atoms with Crippen molar-refractivity contribution in [2.24, 2.45) is 7.05 Å². The molecule has 1 unspecified atom stereocenters. The summed E-state index contributed by atoms with van der Waals surface area (Å²) in [6.45, 7) is 11.6. The molecule has 0 spiro atoms. The molecule has 1 fully saturated rings. The summed E-state index contributed by atoms with van der Waals surface area (Å²) in [6.07, 6.45) is 2.32. The highest BCUT2D eigenvalue weighted by molar-refractivity contribution is 5.85. The number of aromatic nitrogens is 1. The van der Waals surface area contributed by atoms with Crippen LogP contribution < -0.4 is 0 Å². The van der Waals surface area contributed by atoms with Crippen LogP contribution in [0.4, 0.5) is 0 Å². The number of esters is 1. The molecule has 1 aromatic heterocycles. The van der Waals surface area contributed by atoms with Crippen molar-refractivity contribution in [1.82, 2.24) is 14.4 Å². The largest absolute Gasteiger partial charge is 0.465 e. The van der Waals surface area contributed by atoms with Crippen LogP contribution in [-0.2, 0) is 23.1 Å². The van der Waals surface area contributed by atoms with E-state index in [0.29, 0.717) is 6.61 Å². The third-order valence-electron chi connectivity index (χ3n) is 4.84. The van der Waals surface area contributed by atoms with E-state index in [9.17, 15) is 4.79 Å². The summed E-state index contributed by atoms with van der Waals surface area (Å²) < 4.78 is 7.53. The molecule has 0 radical (unpaired) electrons. The van der Waals surface area contributed by atoms with Gasteiger partial charge in [-0.05, 0) is 58.1 Å². The number of hydrogen-bond donors (Lipinski definition) is 0. The number of ether oxygens (including phenoxy) is 1. The van der Waals surface area contributed by atoms with Crippen molar-refractivity contribution in [3.8, 4) is 0 Å². The van der Waals surface area contributed by atoms with Crippen LogP contribution in [-0.4, -0.2) is 53.1 Å². The van der Waals surface area contributed by atoms with Crippen molar-refractivity contribution >= 4 is 30.8 Å². The summed E-state index contributed by atoms with van der Waals surface area (Å²) in [5, 5.41) is 0. The maximum absolute atomic E-state index is 12.5. The van der Waals surface area contributed by atoms with Gasteiger partial charge in [-0.3, -0.25) is 9.80 Å². The van der Waals surface area contributed by atoms with E-state index >= 15 is 0 Å². The van der Waals surface area contributed by atoms with E-state index in [1.54, 1.807) is 0 Å². The van der Waals surface area contributed by atoms with Gasteiger partial charge in [-0.2, -0.15) is 0 Å². The normalized spacial score (nSPS) is 15.6. The summed E-state index contributed by atoms with van der Waals surface area (Å²) in [6, 6.07) is 3.97. The highest BCUT2D eigenvalue weighted by Crippen LogP contribution is 2.28. The Hall–Kier alpha value is -0.750. The van der Waals surface area contributed by atoms with Gasteiger partial charge in [0.05, 0.1) is 6.61 Å². The van der Waals surface area contributed by atoms with Crippen LogP contribution in [0.1, 0.15) is 51.0 Å². The van der Waals surface area contributed by atoms with E-state index < -0.39 is 0 Å². The minimum absolute atomic E-state index is 0. The maximum atomic E-state index is 12.5. The first-order valence-electron chi connectivity index (χ1n) is 8.89. The number of nitrogens with zero attached hydrogens (tertiary/aromatic N) is 3. The van der Waals surface area contributed by atoms with Gasteiger partial charge in [0.25, 0.3) is 0 Å². The fourth-order valence-electron chi connectivity index (χ4n) is 3.36. The van der Waals surface area contributed by atoms with Gasteiger partial charge in [-0.1, -0.05) is 13.8 Å². The zero-order chi connectivity index (χ0) is 16.8. The SMILES string of the molecule is CCOC(=O)C(c1ccc(CN(CC)CC)n1C)N1CCCC1.Cl.Cl. The average molecular weight is 394 g/mol. The molecular formula is C18H33Cl2N3O2. The molecule has 0 bridgehead atoms. The predicted octanol–water partition coefficient (Wildman–Crippen LogP) is 3.41. The van der Waals surface area contributed by atoms with Gasteiger partial charge in [0, 0.05) is 25.0 Å². The Balaban J connectivity index is 0.00000288. The van der Waals surface area contributed by atoms with Crippen molar-refractivity contribution in [1.29, 1.82) is 0 Å². The van der Waals surface area contributed by atoms with Gasteiger partial charge in [0.2, 0.25) is 0 Å². The Kier molecular flexibility index (Phi) is 11.4. The minimum atomic E-state index is -0.270. The van der Waals surface area contributed by atoms with E-state index in [4.69, 9.17) is 4.74 Å². The van der Waals surface area contributed by atoms with Gasteiger partial charge < -0.3 is 9.30 Å². The second kappa shape index (κ2) is 11.8. The van der Waals surface area contributed by atoms with E-state index in [-0.39, 0.29) is 36.8 Å². The Morgan fingerprint density at radius 3 is 2.28 bits per heavy atom. The molecule has 1 saturated heterocycles. The highest BCUT2D eigenvalue weighted by atomic mass is 35.5. The zero-order valence-electron chi connectivity index (χ0n) is 15.9. The number of carbonyl (C=O) groups is 1. The van der Waals surface area contributed by atoms with Gasteiger partial charge in [-0.15, -0.1) is 24.8 Å². The molecular weight excluding hydrogens is 361 g/mol. The summed E-state index contributed by atoms with van der Waals surface area (Å²) >= 11 is 0. The van der Waals surface area contributed by atoms with E-state index in [0.717, 1.165) is 51.3 Å². The van der Waals surface area contributed by atoms with Crippen LogP contribution >= 0.6 is 24.8 Å². The first-order valence-corrected chi connectivity index (χ1v) is 8.89. The van der Waals surface area contributed by atoms with Crippen LogP contribution in [0.5, 0.6) is 0 Å². The Labute approximate surface area is 164 Å². The summed E-state index contributed by atoms with van der Waals surface area (Å²) in [5.74, 6) is -0.120. The number of carbonyl (C=O) groups excluding carboxylic acids is 1. The van der Waals surface area contributed by atoms with Crippen molar-refractivity contribution in [3.63, 3.8) is 0 Å². The van der Waals surface area contributed by atoms with Crippen molar-refractivity contribution in [3.05, 3.63) is 23.5 Å². The molecule has 0 aromatic carbocycles. The number of halogens is 2. The smallest absolute Gasteiger partial charge is 0.329 e. The highest BCUT2D eigenvalue weighted by Gasteiger charge is 2.33. The molecule has 0 N–H and O–H groups in total. The van der Waals surface area contributed by atoms with Gasteiger partial charge >= 0.3 is 5.97 Å². The summed E-state index contributed by atoms with van der Waals surface area (Å²) in [7, 11) is 2.07. The molecule has 146 valence electrons. The fraction of sp³-hybridized carbons (Fsp3) is 0.722. The lowest BCUT2D eigenvalue weighted by Crippen LogP contribution is -2.34. The molecule has 2 heterocycles. The Morgan fingerprint density at radius 1 is 1.16 bits per heavy atom. The van der Waals surface area contributed by atoms with Crippen molar-refractivity contribution in [2.45, 2.75) is 46.2 Å². The molecule has 1 atom stereocenters. The zero-order valence-corrected chi connectivity index (χ0v) is 17.5. The van der Waals surface area contributed by atoms with Crippen molar-refractivity contribution in [2.75, 3.05) is 32.8 Å². The van der Waals surface area contributed by atoms with Gasteiger partial charge in [-0.25, -0.2) is 4.79 Å². The van der Waals surface area contributed by atoms with Crippen LogP contribution in [0.2, 0.25) is 0 Å². The van der Waals surface area contributed by atoms with Crippen LogP contribution in [0.25, 0.3) is 0 Å². The number of rotatable bonds is 8. The van der Waals surface area contributed by atoms with Crippen LogP contribution in [0, 0.1) is 0 Å². The number of hydrogen-bond acceptors (Lipinski definition) is 4. The predicted molar refractivity (Wildman–Crippen MR) is 107 cm³/mol. The average Bonchev–Trinajstić information content (AvgIpc) is 3.18. The monoisotopic (exact) mass is 393 g/mol. The lowest BCUT2D eigenvalue weighted by atomic mass is 10.2. The first kappa shape index (κ1) is 24.2. The molecule has 7 heteroatoms. The number of likely N-dealkylation sites (tertiary alicyclic amines) is 1. The quantitative estimate of drug-likeness (QED) is 0.634. The van der Waals surface area contributed by atoms with Crippen molar-refractivity contribution < 1.29 is 9.53 Å². The van der Waals surface area contributed by atoms with Gasteiger partial charge in [0.1, 0.15) is 6.04 Å². The van der Waals surface area contributed by atoms with E-state index in [1.807, 2.05) is 6.92 Å². The molecule has 25 heavy (non-hydrogen) atoms. The fourth-order valence-corrected chi connectivity index (χ4v) is 3.36. The maximum Gasteiger partial charge on any atom is 0.329 e. The van der Waals surface area contributed by atoms with E-state index in [1.165, 1.54) is 5.69 Å². The minimum Gasteiger partial charge on any atom is -0.465 e. The van der Waals surface area contributed by atoms with E-state index in [2.05, 4.69) is 47.4 Å². The summed E-state index contributed by atoms with van der Waals surface area (Å²) in [5.41, 5.74) is 2.30. The molecule has 0 aliphatic carbocycles. The second-order valence-corrected chi connectivity index (χ2v) is 6.17. The molecule has 1 aliphatic rings. The molecule has 5 nitrogen and oxygen atoms in total. The molecule has 0 amide bonds. The topological polar surface area (TPSA) is 37.7 Å². The molecule has 0 saturated carbocycles. The molecule has 1 aliphatic heterocycles. The lowest BCUT2D eigenvalue weighted by Gasteiger charge is -2.27. The van der Waals surface area contributed by atoms with Crippen LogP contribution in [0.15, 0.2) is 12.1 Å². The Morgan fingerprint density at radius 2 is 1.76 bits per heavy atom. The third kappa shape index (κ3) is 5.88. The third-order valence-corrected chi connectivity index (χ3v) is 4.84. The van der Waals surface area contributed by atoms with Gasteiger partial charge in [0.15, 0.2) is 0 Å². The standard InChI is InChI=1S/C18H31N3O2.2ClH/c1-5-20(6-2)14-15-10-11-16(19(15)4)17(18(22)23-7-3)21-12-8-9-13-21;;/h10-11,17H,5-9,12-14H2,1-4H3;2*1H. The lowest BCUT2D eigenvalue weighted by molar-refractivity contribution is -0.149. The second-order valence-electron chi connectivity index (χ2n) is 6.17. The summed E-state index contributed by atoms with van der Waals surface area (Å²) in [4.78, 5) is 17.2. The Bertz CT molecular complexity index is 512. The molecule has 1 aromatic rings.